The molecule has 1 atom stereocenters. The van der Waals surface area contributed by atoms with E-state index in [-0.39, 0.29) is 10.6 Å². The average molecular weight is 500 g/mol. The molecular formula is C27H33NO6S. The first-order valence-electron chi connectivity index (χ1n) is 12.0. The lowest BCUT2D eigenvalue weighted by Crippen LogP contribution is -2.43. The Morgan fingerprint density at radius 3 is 2.34 bits per heavy atom. The van der Waals surface area contributed by atoms with Gasteiger partial charge in [-0.2, -0.15) is 4.72 Å². The molecule has 0 unspecified atom stereocenters. The molecule has 0 bridgehead atoms. The van der Waals surface area contributed by atoms with E-state index < -0.39 is 27.7 Å². The minimum absolute atomic E-state index is 0.0852. The van der Waals surface area contributed by atoms with Crippen molar-refractivity contribution in [3.63, 3.8) is 0 Å². The topological polar surface area (TPSA) is 103 Å². The lowest BCUT2D eigenvalue weighted by Gasteiger charge is -2.19. The number of carbonyl (C=O) groups is 1. The number of esters is 1. The van der Waals surface area contributed by atoms with Crippen LogP contribution in [0.2, 0.25) is 0 Å². The number of hydrogen-bond acceptors (Lipinski definition) is 6. The zero-order chi connectivity index (χ0) is 25.6. The van der Waals surface area contributed by atoms with Crippen molar-refractivity contribution in [1.82, 2.24) is 4.72 Å². The van der Waals surface area contributed by atoms with Gasteiger partial charge in [0.2, 0.25) is 10.0 Å². The van der Waals surface area contributed by atoms with Crippen LogP contribution in [-0.2, 0) is 21.2 Å². The van der Waals surface area contributed by atoms with Crippen molar-refractivity contribution in [3.8, 4) is 5.75 Å². The maximum absolute atomic E-state index is 13.3. The molecule has 0 spiro atoms. The highest BCUT2D eigenvalue weighted by atomic mass is 32.2. The zero-order valence-corrected chi connectivity index (χ0v) is 21.5. The van der Waals surface area contributed by atoms with Crippen LogP contribution in [0, 0.1) is 13.8 Å². The molecule has 0 aliphatic heterocycles. The summed E-state index contributed by atoms with van der Waals surface area (Å²) in [5.41, 5.74) is 2.31. The van der Waals surface area contributed by atoms with Gasteiger partial charge in [-0.1, -0.05) is 50.8 Å². The van der Waals surface area contributed by atoms with Gasteiger partial charge in [0.15, 0.2) is 0 Å². The van der Waals surface area contributed by atoms with E-state index in [0.717, 1.165) is 36.0 Å². The van der Waals surface area contributed by atoms with Gasteiger partial charge in [-0.25, -0.2) is 18.0 Å². The number of fused-ring (bicyclic) bond motifs is 1. The third-order valence-electron chi connectivity index (χ3n) is 5.80. The minimum Gasteiger partial charge on any atom is -0.425 e. The SMILES string of the molecule is CCCCc1cc(=O)oc2cc(C)cc(OC(=O)[C@H](CCCC)NS(=O)(=O)c3ccc(C)cc3)c12. The van der Waals surface area contributed by atoms with E-state index in [2.05, 4.69) is 11.6 Å². The molecule has 1 aromatic heterocycles. The molecule has 0 radical (unpaired) electrons. The second-order valence-corrected chi connectivity index (χ2v) is 10.6. The van der Waals surface area contributed by atoms with Crippen molar-refractivity contribution in [2.75, 3.05) is 0 Å². The monoisotopic (exact) mass is 499 g/mol. The van der Waals surface area contributed by atoms with Crippen LogP contribution < -0.4 is 15.1 Å². The van der Waals surface area contributed by atoms with Crippen LogP contribution in [0.3, 0.4) is 0 Å². The molecule has 8 heteroatoms. The number of carbonyl (C=O) groups excluding carboxylic acids is 1. The molecule has 0 amide bonds. The summed E-state index contributed by atoms with van der Waals surface area (Å²) in [6.45, 7) is 7.70. The van der Waals surface area contributed by atoms with E-state index >= 15 is 0 Å². The molecule has 1 heterocycles. The van der Waals surface area contributed by atoms with Gasteiger partial charge in [0, 0.05) is 6.07 Å². The van der Waals surface area contributed by atoms with Crippen LogP contribution in [-0.4, -0.2) is 20.4 Å². The fourth-order valence-electron chi connectivity index (χ4n) is 3.90. The lowest BCUT2D eigenvalue weighted by atomic mass is 10.0. The number of sulfonamides is 1. The van der Waals surface area contributed by atoms with Crippen LogP contribution in [0.25, 0.3) is 11.0 Å². The fraction of sp³-hybridized carbons (Fsp3) is 0.407. The zero-order valence-electron chi connectivity index (χ0n) is 20.7. The van der Waals surface area contributed by atoms with Gasteiger partial charge in [-0.05, 0) is 68.5 Å². The van der Waals surface area contributed by atoms with E-state index in [0.29, 0.717) is 30.2 Å². The molecule has 35 heavy (non-hydrogen) atoms. The van der Waals surface area contributed by atoms with E-state index in [1.54, 1.807) is 24.3 Å². The summed E-state index contributed by atoms with van der Waals surface area (Å²) >= 11 is 0. The van der Waals surface area contributed by atoms with Crippen LogP contribution >= 0.6 is 0 Å². The molecule has 0 saturated carbocycles. The molecule has 0 fully saturated rings. The van der Waals surface area contributed by atoms with Crippen LogP contribution in [0.15, 0.2) is 56.6 Å². The van der Waals surface area contributed by atoms with Gasteiger partial charge in [0.05, 0.1) is 10.3 Å². The third kappa shape index (κ3) is 6.80. The summed E-state index contributed by atoms with van der Waals surface area (Å²) in [5, 5.41) is 0.563. The van der Waals surface area contributed by atoms with Crippen molar-refractivity contribution in [1.29, 1.82) is 0 Å². The number of ether oxygens (including phenoxy) is 1. The quantitative estimate of drug-likeness (QED) is 0.221. The van der Waals surface area contributed by atoms with Gasteiger partial charge < -0.3 is 9.15 Å². The van der Waals surface area contributed by atoms with Crippen molar-refractivity contribution in [2.24, 2.45) is 0 Å². The second-order valence-electron chi connectivity index (χ2n) is 8.88. The standard InChI is InChI=1S/C27H33NO6S/c1-5-7-9-20-17-25(29)33-23-15-19(4)16-24(26(20)23)34-27(30)22(10-8-6-2)28-35(31,32)21-13-11-18(3)12-14-21/h11-17,22,28H,5-10H2,1-4H3/t22-/m0/s1. The van der Waals surface area contributed by atoms with Crippen molar-refractivity contribution >= 4 is 27.0 Å². The Hall–Kier alpha value is -2.97. The van der Waals surface area contributed by atoms with Gasteiger partial charge >= 0.3 is 11.6 Å². The molecule has 7 nitrogen and oxygen atoms in total. The Labute approximate surface area is 206 Å². The summed E-state index contributed by atoms with van der Waals surface area (Å²) in [4.78, 5) is 25.5. The molecule has 1 N–H and O–H groups in total. The van der Waals surface area contributed by atoms with Gasteiger partial charge in [-0.3, -0.25) is 0 Å². The Bertz CT molecular complexity index is 1340. The number of hydrogen-bond donors (Lipinski definition) is 1. The third-order valence-corrected chi connectivity index (χ3v) is 7.29. The first kappa shape index (κ1) is 26.6. The first-order chi connectivity index (χ1) is 16.6. The normalized spacial score (nSPS) is 12.6. The molecule has 2 aromatic carbocycles. The van der Waals surface area contributed by atoms with E-state index in [1.165, 1.54) is 18.2 Å². The summed E-state index contributed by atoms with van der Waals surface area (Å²) in [6.07, 6.45) is 4.14. The predicted octanol–water partition coefficient (Wildman–Crippen LogP) is 5.20. The largest absolute Gasteiger partial charge is 0.425 e. The Kier molecular flexibility index (Phi) is 8.86. The van der Waals surface area contributed by atoms with Crippen LogP contribution in [0.5, 0.6) is 5.75 Å². The highest BCUT2D eigenvalue weighted by Crippen LogP contribution is 2.31. The average Bonchev–Trinajstić information content (AvgIpc) is 2.79. The van der Waals surface area contributed by atoms with Gasteiger partial charge in [-0.15, -0.1) is 0 Å². The van der Waals surface area contributed by atoms with Gasteiger partial charge in [0.25, 0.3) is 0 Å². The maximum Gasteiger partial charge on any atom is 0.336 e. The summed E-state index contributed by atoms with van der Waals surface area (Å²) < 4.78 is 39.7. The fourth-order valence-corrected chi connectivity index (χ4v) is 5.12. The van der Waals surface area contributed by atoms with E-state index in [4.69, 9.17) is 9.15 Å². The predicted molar refractivity (Wildman–Crippen MR) is 136 cm³/mol. The summed E-state index contributed by atoms with van der Waals surface area (Å²) in [7, 11) is -3.93. The molecule has 3 aromatic rings. The smallest absolute Gasteiger partial charge is 0.336 e. The Morgan fingerprint density at radius 2 is 1.69 bits per heavy atom. The molecular weight excluding hydrogens is 466 g/mol. The lowest BCUT2D eigenvalue weighted by molar-refractivity contribution is -0.136. The Morgan fingerprint density at radius 1 is 1.00 bits per heavy atom. The summed E-state index contributed by atoms with van der Waals surface area (Å²) in [6, 6.07) is 10.2. The second kappa shape index (κ2) is 11.6. The molecule has 3 rings (SSSR count). The van der Waals surface area contributed by atoms with Gasteiger partial charge in [0.1, 0.15) is 17.4 Å². The van der Waals surface area contributed by atoms with Crippen molar-refractivity contribution < 1.29 is 22.4 Å². The van der Waals surface area contributed by atoms with Crippen LogP contribution in [0.4, 0.5) is 0 Å². The van der Waals surface area contributed by atoms with Crippen LogP contribution in [0.1, 0.15) is 62.6 Å². The Balaban J connectivity index is 1.97. The first-order valence-corrected chi connectivity index (χ1v) is 13.5. The number of aryl methyl sites for hydroxylation is 3. The molecule has 0 aliphatic rings. The number of rotatable bonds is 11. The number of nitrogens with one attached hydrogen (secondary N) is 1. The number of benzene rings is 2. The summed E-state index contributed by atoms with van der Waals surface area (Å²) in [5.74, 6) is -0.440. The highest BCUT2D eigenvalue weighted by Gasteiger charge is 2.28. The highest BCUT2D eigenvalue weighted by molar-refractivity contribution is 7.89. The van der Waals surface area contributed by atoms with E-state index in [9.17, 15) is 18.0 Å². The molecule has 0 saturated heterocycles. The molecule has 0 aliphatic carbocycles. The van der Waals surface area contributed by atoms with Crippen molar-refractivity contribution in [2.45, 2.75) is 77.2 Å². The number of unbranched alkanes of at least 4 members (excludes halogenated alkanes) is 2. The van der Waals surface area contributed by atoms with E-state index in [1.807, 2.05) is 20.8 Å². The maximum atomic E-state index is 13.3. The minimum atomic E-state index is -3.93. The van der Waals surface area contributed by atoms with Crippen molar-refractivity contribution in [3.05, 3.63) is 69.6 Å². The molecule has 188 valence electrons.